The van der Waals surface area contributed by atoms with E-state index in [1.165, 1.54) is 0 Å². The predicted octanol–water partition coefficient (Wildman–Crippen LogP) is 4.43. The van der Waals surface area contributed by atoms with Crippen LogP contribution in [0.5, 0.6) is 0 Å². The summed E-state index contributed by atoms with van der Waals surface area (Å²) < 4.78 is 25.5. The number of unbranched alkanes of at least 4 members (excludes halogenated alkanes) is 1. The summed E-state index contributed by atoms with van der Waals surface area (Å²) in [5.41, 5.74) is 4.23. The summed E-state index contributed by atoms with van der Waals surface area (Å²) in [4.78, 5) is 4.65. The monoisotopic (exact) mass is 368 g/mol. The van der Waals surface area contributed by atoms with Crippen LogP contribution in [-0.2, 0) is 16.4 Å². The van der Waals surface area contributed by atoms with E-state index in [0.717, 1.165) is 35.5 Å². The molecular weight excluding hydrogens is 344 g/mol. The topological polar surface area (TPSA) is 52.0 Å². The first-order chi connectivity index (χ1) is 12.6. The normalized spacial score (nSPS) is 11.6. The fourth-order valence-electron chi connectivity index (χ4n) is 3.01. The van der Waals surface area contributed by atoms with Gasteiger partial charge in [-0.05, 0) is 12.8 Å². The summed E-state index contributed by atoms with van der Waals surface area (Å²) in [5.74, 6) is 0.468. The molecule has 0 bridgehead atoms. The van der Waals surface area contributed by atoms with Crippen LogP contribution in [-0.4, -0.2) is 29.5 Å². The molecule has 0 radical (unpaired) electrons. The predicted molar refractivity (Wildman–Crippen MR) is 107 cm³/mol. The van der Waals surface area contributed by atoms with E-state index in [9.17, 15) is 8.42 Å². The Kier molecular flexibility index (Phi) is 5.89. The van der Waals surface area contributed by atoms with Crippen molar-refractivity contribution in [3.8, 4) is 22.5 Å². The Balaban J connectivity index is 1.85. The number of rotatable bonds is 8. The minimum absolute atomic E-state index is 0.214. The zero-order chi connectivity index (χ0) is 18.4. The van der Waals surface area contributed by atoms with E-state index in [4.69, 9.17) is 0 Å². The summed E-state index contributed by atoms with van der Waals surface area (Å²) in [6.45, 7) is 2.45. The standard InChI is InChI=1S/C21H24N2O2S/c1-2-26(24,25)16-10-9-15-23-17-22-20(18-11-5-3-6-12-18)21(23)19-13-7-4-8-14-19/h3-8,11-14,17H,2,9-10,15-16H2,1H3. The Labute approximate surface area is 155 Å². The highest BCUT2D eigenvalue weighted by atomic mass is 32.2. The van der Waals surface area contributed by atoms with Crippen molar-refractivity contribution >= 4 is 9.84 Å². The van der Waals surface area contributed by atoms with E-state index in [0.29, 0.717) is 6.42 Å². The molecule has 0 saturated heterocycles. The minimum Gasteiger partial charge on any atom is -0.330 e. The highest BCUT2D eigenvalue weighted by Gasteiger charge is 2.15. The molecule has 0 aliphatic carbocycles. The lowest BCUT2D eigenvalue weighted by atomic mass is 10.0. The second kappa shape index (κ2) is 8.32. The quantitative estimate of drug-likeness (QED) is 0.553. The number of aryl methyl sites for hydroxylation is 1. The van der Waals surface area contributed by atoms with Crippen LogP contribution in [0.2, 0.25) is 0 Å². The van der Waals surface area contributed by atoms with Gasteiger partial charge in [0.15, 0.2) is 0 Å². The molecule has 0 fully saturated rings. The molecule has 0 amide bonds. The first-order valence-corrected chi connectivity index (χ1v) is 10.8. The van der Waals surface area contributed by atoms with Crippen LogP contribution in [0.4, 0.5) is 0 Å². The maximum Gasteiger partial charge on any atom is 0.150 e. The van der Waals surface area contributed by atoms with Crippen molar-refractivity contribution < 1.29 is 8.42 Å². The first-order valence-electron chi connectivity index (χ1n) is 8.97. The van der Waals surface area contributed by atoms with E-state index in [-0.39, 0.29) is 11.5 Å². The van der Waals surface area contributed by atoms with Crippen LogP contribution in [0.15, 0.2) is 67.0 Å². The molecule has 0 aliphatic heterocycles. The molecule has 0 atom stereocenters. The molecule has 0 unspecified atom stereocenters. The molecule has 3 rings (SSSR count). The number of aromatic nitrogens is 2. The van der Waals surface area contributed by atoms with Gasteiger partial charge in [0.1, 0.15) is 9.84 Å². The van der Waals surface area contributed by atoms with E-state index in [1.807, 2.05) is 42.7 Å². The van der Waals surface area contributed by atoms with Crippen LogP contribution in [0.25, 0.3) is 22.5 Å². The summed E-state index contributed by atoms with van der Waals surface area (Å²) in [5, 5.41) is 0. The molecule has 3 aromatic rings. The molecule has 1 heterocycles. The van der Waals surface area contributed by atoms with Crippen molar-refractivity contribution in [2.45, 2.75) is 26.3 Å². The summed E-state index contributed by atoms with van der Waals surface area (Å²) >= 11 is 0. The lowest BCUT2D eigenvalue weighted by molar-refractivity contribution is 0.584. The Morgan fingerprint density at radius 3 is 2.12 bits per heavy atom. The van der Waals surface area contributed by atoms with Crippen molar-refractivity contribution in [3.05, 3.63) is 67.0 Å². The van der Waals surface area contributed by atoms with Crippen LogP contribution < -0.4 is 0 Å². The van der Waals surface area contributed by atoms with Gasteiger partial charge in [0.05, 0.1) is 23.5 Å². The van der Waals surface area contributed by atoms with Crippen molar-refractivity contribution in [2.75, 3.05) is 11.5 Å². The van der Waals surface area contributed by atoms with E-state index in [2.05, 4.69) is 33.8 Å². The fraction of sp³-hybridized carbons (Fsp3) is 0.286. The first kappa shape index (κ1) is 18.4. The van der Waals surface area contributed by atoms with E-state index < -0.39 is 9.84 Å². The van der Waals surface area contributed by atoms with Crippen LogP contribution in [0.3, 0.4) is 0 Å². The van der Waals surface area contributed by atoms with Gasteiger partial charge in [-0.3, -0.25) is 0 Å². The second-order valence-corrected chi connectivity index (χ2v) is 8.78. The third-order valence-corrected chi connectivity index (χ3v) is 6.27. The smallest absolute Gasteiger partial charge is 0.150 e. The molecule has 2 aromatic carbocycles. The zero-order valence-electron chi connectivity index (χ0n) is 15.0. The number of sulfone groups is 1. The number of imidazole rings is 1. The van der Waals surface area contributed by atoms with Crippen molar-refractivity contribution in [3.63, 3.8) is 0 Å². The second-order valence-electron chi connectivity index (χ2n) is 6.31. The Morgan fingerprint density at radius 2 is 1.50 bits per heavy atom. The summed E-state index contributed by atoms with van der Waals surface area (Å²) in [7, 11) is -2.90. The van der Waals surface area contributed by atoms with Crippen LogP contribution in [0.1, 0.15) is 19.8 Å². The van der Waals surface area contributed by atoms with Gasteiger partial charge >= 0.3 is 0 Å². The Morgan fingerprint density at radius 1 is 0.885 bits per heavy atom. The molecule has 5 heteroatoms. The molecule has 4 nitrogen and oxygen atoms in total. The van der Waals surface area contributed by atoms with Crippen molar-refractivity contribution in [1.82, 2.24) is 9.55 Å². The van der Waals surface area contributed by atoms with Gasteiger partial charge in [-0.15, -0.1) is 0 Å². The van der Waals surface area contributed by atoms with Gasteiger partial charge in [0.2, 0.25) is 0 Å². The zero-order valence-corrected chi connectivity index (χ0v) is 15.8. The Bertz CT molecular complexity index is 933. The van der Waals surface area contributed by atoms with Gasteiger partial charge in [-0.1, -0.05) is 67.6 Å². The van der Waals surface area contributed by atoms with Gasteiger partial charge in [-0.25, -0.2) is 13.4 Å². The fourth-order valence-corrected chi connectivity index (χ4v) is 3.94. The highest BCUT2D eigenvalue weighted by Crippen LogP contribution is 2.31. The number of nitrogens with zero attached hydrogens (tertiary/aromatic N) is 2. The molecule has 1 aromatic heterocycles. The molecule has 136 valence electrons. The molecule has 0 spiro atoms. The molecule has 26 heavy (non-hydrogen) atoms. The third-order valence-electron chi connectivity index (χ3n) is 4.48. The largest absolute Gasteiger partial charge is 0.330 e. The molecular formula is C21H24N2O2S. The van der Waals surface area contributed by atoms with Crippen molar-refractivity contribution in [1.29, 1.82) is 0 Å². The lowest BCUT2D eigenvalue weighted by Crippen LogP contribution is -2.09. The highest BCUT2D eigenvalue weighted by molar-refractivity contribution is 7.91. The summed E-state index contributed by atoms with van der Waals surface area (Å²) in [6, 6.07) is 20.4. The SMILES string of the molecule is CCS(=O)(=O)CCCCn1cnc(-c2ccccc2)c1-c1ccccc1. The van der Waals surface area contributed by atoms with E-state index in [1.54, 1.807) is 6.92 Å². The molecule has 0 N–H and O–H groups in total. The average Bonchev–Trinajstić information content (AvgIpc) is 3.10. The maximum atomic E-state index is 11.7. The number of hydrogen-bond acceptors (Lipinski definition) is 3. The van der Waals surface area contributed by atoms with Gasteiger partial charge in [0.25, 0.3) is 0 Å². The Hall–Kier alpha value is -2.40. The maximum absolute atomic E-state index is 11.7. The molecule has 0 aliphatic rings. The number of hydrogen-bond donors (Lipinski definition) is 0. The minimum atomic E-state index is -2.90. The van der Waals surface area contributed by atoms with Crippen molar-refractivity contribution in [2.24, 2.45) is 0 Å². The van der Waals surface area contributed by atoms with Crippen LogP contribution >= 0.6 is 0 Å². The van der Waals surface area contributed by atoms with E-state index >= 15 is 0 Å². The number of benzene rings is 2. The lowest BCUT2D eigenvalue weighted by Gasteiger charge is -2.11. The van der Waals surface area contributed by atoms with Gasteiger partial charge < -0.3 is 4.57 Å². The summed E-state index contributed by atoms with van der Waals surface area (Å²) in [6.07, 6.45) is 3.34. The average molecular weight is 369 g/mol. The van der Waals surface area contributed by atoms with Gasteiger partial charge in [0, 0.05) is 23.4 Å². The molecule has 0 saturated carbocycles. The third kappa shape index (κ3) is 4.41. The van der Waals surface area contributed by atoms with Gasteiger partial charge in [-0.2, -0.15) is 0 Å². The van der Waals surface area contributed by atoms with Crippen LogP contribution in [0, 0.1) is 0 Å².